The van der Waals surface area contributed by atoms with Gasteiger partial charge in [0.15, 0.2) is 5.96 Å². The summed E-state index contributed by atoms with van der Waals surface area (Å²) in [5.41, 5.74) is 0.268. The molecular formula is C16H29IN4O2S2. The summed E-state index contributed by atoms with van der Waals surface area (Å²) in [7, 11) is 1.51. The maximum Gasteiger partial charge on any atom is 0.252 e. The number of nitrogens with zero attached hydrogens (tertiary/aromatic N) is 3. The average Bonchev–Trinajstić information content (AvgIpc) is 2.96. The van der Waals surface area contributed by atoms with Crippen molar-refractivity contribution in [2.75, 3.05) is 27.7 Å². The van der Waals surface area contributed by atoms with Crippen LogP contribution < -0.4 is 5.32 Å². The summed E-state index contributed by atoms with van der Waals surface area (Å²) >= 11 is 1.29. The van der Waals surface area contributed by atoms with Gasteiger partial charge in [-0.05, 0) is 26.0 Å². The van der Waals surface area contributed by atoms with Gasteiger partial charge in [0.2, 0.25) is 0 Å². The van der Waals surface area contributed by atoms with Crippen molar-refractivity contribution in [1.29, 1.82) is 0 Å². The molecule has 2 rings (SSSR count). The molecule has 144 valence electrons. The van der Waals surface area contributed by atoms with Gasteiger partial charge in [-0.2, -0.15) is 0 Å². The Hall–Kier alpha value is -0.390. The van der Waals surface area contributed by atoms with Crippen molar-refractivity contribution in [3.8, 4) is 0 Å². The second-order valence-electron chi connectivity index (χ2n) is 7.44. The Kier molecular flexibility index (Phi) is 6.97. The Balaban J connectivity index is 0.00000312. The smallest absolute Gasteiger partial charge is 0.252 e. The second-order valence-corrected chi connectivity index (χ2v) is 11.0. The molecule has 2 heterocycles. The van der Waals surface area contributed by atoms with Crippen molar-refractivity contribution < 1.29 is 8.42 Å². The number of nitrogens with one attached hydrogen (secondary N) is 1. The Bertz CT molecular complexity index is 739. The lowest BCUT2D eigenvalue weighted by atomic mass is 9.65. The number of thiophene rings is 1. The van der Waals surface area contributed by atoms with Crippen LogP contribution in [0.25, 0.3) is 0 Å². The Morgan fingerprint density at radius 3 is 2.36 bits per heavy atom. The normalized spacial score (nSPS) is 19.4. The number of sulfonamides is 1. The molecule has 0 aromatic carbocycles. The molecule has 0 aliphatic carbocycles. The van der Waals surface area contributed by atoms with Crippen LogP contribution in [0.5, 0.6) is 0 Å². The molecule has 1 aromatic rings. The third kappa shape index (κ3) is 4.14. The lowest BCUT2D eigenvalue weighted by molar-refractivity contribution is -0.0667. The fraction of sp³-hybridized carbons (Fsp3) is 0.688. The van der Waals surface area contributed by atoms with Gasteiger partial charge in [0, 0.05) is 43.5 Å². The van der Waals surface area contributed by atoms with Gasteiger partial charge < -0.3 is 10.2 Å². The molecule has 9 heteroatoms. The molecule has 0 unspecified atom stereocenters. The molecule has 1 aromatic heterocycles. The lowest BCUT2D eigenvalue weighted by Gasteiger charge is -2.62. The molecule has 0 bridgehead atoms. The Morgan fingerprint density at radius 2 is 1.92 bits per heavy atom. The largest absolute Gasteiger partial charge is 0.351 e. The summed E-state index contributed by atoms with van der Waals surface area (Å²) in [6, 6.07) is 3.52. The van der Waals surface area contributed by atoms with E-state index >= 15 is 0 Å². The maximum atomic E-state index is 12.1. The highest BCUT2D eigenvalue weighted by atomic mass is 127. The first-order chi connectivity index (χ1) is 10.9. The molecule has 1 fully saturated rings. The van der Waals surface area contributed by atoms with Crippen LogP contribution in [0, 0.1) is 5.41 Å². The molecule has 6 nitrogen and oxygen atoms in total. The van der Waals surface area contributed by atoms with Crippen LogP contribution in [0.3, 0.4) is 0 Å². The van der Waals surface area contributed by atoms with E-state index in [1.807, 2.05) is 6.07 Å². The molecule has 0 amide bonds. The topological polar surface area (TPSA) is 65.0 Å². The van der Waals surface area contributed by atoms with E-state index in [0.29, 0.717) is 10.8 Å². The van der Waals surface area contributed by atoms with E-state index in [9.17, 15) is 8.42 Å². The van der Waals surface area contributed by atoms with E-state index in [0.717, 1.165) is 17.4 Å². The van der Waals surface area contributed by atoms with E-state index in [4.69, 9.17) is 0 Å². The molecule has 25 heavy (non-hydrogen) atoms. The van der Waals surface area contributed by atoms with Crippen LogP contribution >= 0.6 is 35.3 Å². The molecule has 1 aliphatic rings. The zero-order valence-corrected chi connectivity index (χ0v) is 19.9. The summed E-state index contributed by atoms with van der Waals surface area (Å²) in [5, 5.41) is 3.35. The first-order valence-electron chi connectivity index (χ1n) is 7.93. The van der Waals surface area contributed by atoms with Gasteiger partial charge in [-0.3, -0.25) is 4.99 Å². The standard InChI is InChI=1S/C16H28N4O2S2.HI/c1-15(2)11-20(16(15,3)4)14(17-5)18-10-12-8-9-13(23-12)24(21,22)19(6)7;/h8-9H,10-11H2,1-7H3,(H,17,18);1H. The quantitative estimate of drug-likeness (QED) is 0.393. The number of aliphatic imine (C=N–C) groups is 1. The Morgan fingerprint density at radius 1 is 1.32 bits per heavy atom. The van der Waals surface area contributed by atoms with Gasteiger partial charge in [-0.15, -0.1) is 35.3 Å². The number of hydrogen-bond acceptors (Lipinski definition) is 4. The van der Waals surface area contributed by atoms with Crippen molar-refractivity contribution in [3.05, 3.63) is 17.0 Å². The molecule has 0 radical (unpaired) electrons. The van der Waals surface area contributed by atoms with Crippen molar-refractivity contribution in [3.63, 3.8) is 0 Å². The van der Waals surface area contributed by atoms with Crippen LogP contribution in [0.2, 0.25) is 0 Å². The highest BCUT2D eigenvalue weighted by Crippen LogP contribution is 2.46. The molecule has 1 N–H and O–H groups in total. The van der Waals surface area contributed by atoms with Crippen LogP contribution in [0.15, 0.2) is 21.3 Å². The average molecular weight is 500 g/mol. The monoisotopic (exact) mass is 500 g/mol. The number of likely N-dealkylation sites (tertiary alicyclic amines) is 1. The number of hydrogen-bond donors (Lipinski definition) is 1. The highest BCUT2D eigenvalue weighted by molar-refractivity contribution is 14.0. The third-order valence-corrected chi connectivity index (χ3v) is 8.51. The molecular weight excluding hydrogens is 471 g/mol. The molecule has 1 saturated heterocycles. The number of rotatable bonds is 4. The van der Waals surface area contributed by atoms with E-state index in [1.165, 1.54) is 15.6 Å². The minimum atomic E-state index is -3.36. The lowest BCUT2D eigenvalue weighted by Crippen LogP contribution is -2.72. The fourth-order valence-electron chi connectivity index (χ4n) is 2.63. The van der Waals surface area contributed by atoms with Crippen LogP contribution in [-0.4, -0.2) is 56.8 Å². The van der Waals surface area contributed by atoms with Crippen LogP contribution in [0.1, 0.15) is 32.6 Å². The van der Waals surface area contributed by atoms with Gasteiger partial charge in [0.1, 0.15) is 4.21 Å². The van der Waals surface area contributed by atoms with Gasteiger partial charge in [0.05, 0.1) is 6.54 Å². The predicted molar refractivity (Wildman–Crippen MR) is 115 cm³/mol. The summed E-state index contributed by atoms with van der Waals surface area (Å²) in [4.78, 5) is 7.61. The first kappa shape index (κ1) is 22.7. The Labute approximate surface area is 172 Å². The summed E-state index contributed by atoms with van der Waals surface area (Å²) < 4.78 is 25.9. The summed E-state index contributed by atoms with van der Waals surface area (Å²) in [5.74, 6) is 0.852. The fourth-order valence-corrected chi connectivity index (χ4v) is 5.10. The minimum absolute atomic E-state index is 0. The summed E-state index contributed by atoms with van der Waals surface area (Å²) in [6.45, 7) is 10.5. The van der Waals surface area contributed by atoms with Gasteiger partial charge >= 0.3 is 0 Å². The van der Waals surface area contributed by atoms with Crippen molar-refractivity contribution in [1.82, 2.24) is 14.5 Å². The molecule has 1 aliphatic heterocycles. The van der Waals surface area contributed by atoms with E-state index < -0.39 is 10.0 Å². The third-order valence-electron chi connectivity index (χ3n) is 5.14. The SMILES string of the molecule is CN=C(NCc1ccc(S(=O)(=O)N(C)C)s1)N1CC(C)(C)C1(C)C.I. The van der Waals surface area contributed by atoms with E-state index in [-0.39, 0.29) is 34.9 Å². The number of guanidine groups is 1. The minimum Gasteiger partial charge on any atom is -0.351 e. The van der Waals surface area contributed by atoms with Gasteiger partial charge in [-0.1, -0.05) is 13.8 Å². The highest BCUT2D eigenvalue weighted by Gasteiger charge is 2.53. The van der Waals surface area contributed by atoms with Crippen molar-refractivity contribution in [2.45, 2.75) is 44.0 Å². The predicted octanol–water partition coefficient (Wildman–Crippen LogP) is 2.81. The number of halogens is 1. The van der Waals surface area contributed by atoms with Crippen LogP contribution in [-0.2, 0) is 16.6 Å². The zero-order chi connectivity index (χ0) is 18.3. The maximum absolute atomic E-state index is 12.1. The zero-order valence-electron chi connectivity index (χ0n) is 16.0. The summed E-state index contributed by atoms with van der Waals surface area (Å²) in [6.07, 6.45) is 0. The van der Waals surface area contributed by atoms with Crippen LogP contribution in [0.4, 0.5) is 0 Å². The van der Waals surface area contributed by atoms with E-state index in [1.54, 1.807) is 27.2 Å². The van der Waals surface area contributed by atoms with Crippen molar-refractivity contribution >= 4 is 51.3 Å². The first-order valence-corrected chi connectivity index (χ1v) is 10.2. The van der Waals surface area contributed by atoms with Gasteiger partial charge in [0.25, 0.3) is 10.0 Å². The second kappa shape index (κ2) is 7.69. The van der Waals surface area contributed by atoms with E-state index in [2.05, 4.69) is 42.9 Å². The molecule has 0 saturated carbocycles. The molecule has 0 atom stereocenters. The van der Waals surface area contributed by atoms with Gasteiger partial charge in [-0.25, -0.2) is 12.7 Å². The molecule has 0 spiro atoms. The van der Waals surface area contributed by atoms with Crippen molar-refractivity contribution in [2.24, 2.45) is 10.4 Å².